The molecule has 1 fully saturated rings. The van der Waals surface area contributed by atoms with E-state index >= 15 is 0 Å². The van der Waals surface area contributed by atoms with Crippen molar-refractivity contribution in [3.8, 4) is 17.3 Å². The number of amides is 1. The number of aliphatic hydroxyl groups excluding tert-OH is 1. The second-order valence-corrected chi connectivity index (χ2v) is 8.33. The van der Waals surface area contributed by atoms with Gasteiger partial charge in [-0.1, -0.05) is 12.1 Å². The summed E-state index contributed by atoms with van der Waals surface area (Å²) >= 11 is 0. The van der Waals surface area contributed by atoms with Gasteiger partial charge in [-0.15, -0.1) is 0 Å². The summed E-state index contributed by atoms with van der Waals surface area (Å²) in [6.07, 6.45) is 6.40. The first-order valence-electron chi connectivity index (χ1n) is 11.2. The Morgan fingerprint density at radius 3 is 2.77 bits per heavy atom. The molecule has 0 saturated carbocycles. The molecule has 176 valence electrons. The molecule has 0 bridgehead atoms. The summed E-state index contributed by atoms with van der Waals surface area (Å²) in [6.45, 7) is 0.475. The van der Waals surface area contributed by atoms with Crippen LogP contribution < -0.4 is 11.1 Å². The van der Waals surface area contributed by atoms with Gasteiger partial charge in [-0.25, -0.2) is 15.0 Å². The third-order valence-corrected chi connectivity index (χ3v) is 6.10. The first-order chi connectivity index (χ1) is 17.1. The maximum Gasteiger partial charge on any atom is 0.256 e. The van der Waals surface area contributed by atoms with Gasteiger partial charge in [-0.05, 0) is 37.1 Å². The van der Waals surface area contributed by atoms with E-state index in [1.165, 1.54) is 12.3 Å². The highest BCUT2D eigenvalue weighted by molar-refractivity contribution is 6.04. The summed E-state index contributed by atoms with van der Waals surface area (Å²) in [5, 5.41) is 21.1. The quantitative estimate of drug-likeness (QED) is 0.403. The van der Waals surface area contributed by atoms with E-state index in [0.717, 1.165) is 24.2 Å². The second-order valence-electron chi connectivity index (χ2n) is 8.33. The summed E-state index contributed by atoms with van der Waals surface area (Å²) in [6, 6.07) is 12.1. The average molecular weight is 470 g/mol. The van der Waals surface area contributed by atoms with E-state index < -0.39 is 0 Å². The number of imidazole rings is 1. The minimum atomic E-state index is -0.339. The number of pyridine rings is 1. The zero-order valence-corrected chi connectivity index (χ0v) is 18.8. The lowest BCUT2D eigenvalue weighted by molar-refractivity contribution is -0.0282. The number of carbonyl (C=O) groups excluding carboxylic acids is 1. The summed E-state index contributed by atoms with van der Waals surface area (Å²) < 4.78 is 7.72. The minimum Gasteiger partial charge on any atom is -0.394 e. The van der Waals surface area contributed by atoms with Crippen LogP contribution in [0.2, 0.25) is 0 Å². The van der Waals surface area contributed by atoms with Crippen LogP contribution in [0.3, 0.4) is 0 Å². The fraction of sp³-hybridized carbons (Fsp3) is 0.240. The number of carbonyl (C=O) groups is 1. The van der Waals surface area contributed by atoms with Gasteiger partial charge in [-0.2, -0.15) is 5.26 Å². The molecular weight excluding hydrogens is 446 g/mol. The van der Waals surface area contributed by atoms with Gasteiger partial charge >= 0.3 is 0 Å². The zero-order chi connectivity index (χ0) is 24.4. The Balaban J connectivity index is 1.43. The number of nitriles is 1. The number of ether oxygens (including phenoxy) is 1. The van der Waals surface area contributed by atoms with Crippen LogP contribution in [0.25, 0.3) is 16.8 Å². The average Bonchev–Trinajstić information content (AvgIpc) is 3.30. The number of aromatic nitrogens is 4. The first kappa shape index (κ1) is 22.5. The van der Waals surface area contributed by atoms with Crippen LogP contribution >= 0.6 is 0 Å². The summed E-state index contributed by atoms with van der Waals surface area (Å²) in [4.78, 5) is 25.9. The minimum absolute atomic E-state index is 0.0108. The highest BCUT2D eigenvalue weighted by Gasteiger charge is 2.28. The number of nitrogens with two attached hydrogens (primary N) is 1. The van der Waals surface area contributed by atoms with E-state index in [9.17, 15) is 9.90 Å². The van der Waals surface area contributed by atoms with E-state index in [-0.39, 0.29) is 24.5 Å². The third-order valence-electron chi connectivity index (χ3n) is 6.10. The second kappa shape index (κ2) is 9.50. The molecular formula is C25H23N7O3. The maximum atomic E-state index is 12.7. The smallest absolute Gasteiger partial charge is 0.256 e. The Labute approximate surface area is 201 Å². The van der Waals surface area contributed by atoms with Crippen LogP contribution in [0.5, 0.6) is 0 Å². The van der Waals surface area contributed by atoms with Gasteiger partial charge in [0.1, 0.15) is 28.7 Å². The Hall–Kier alpha value is -4.33. The molecule has 1 aliphatic heterocycles. The standard InChI is InChI=1S/C25H23N7O3/c26-12-15-7-8-28-20(11-15)30-25(34)17-3-1-16(2-4-17)21-22-23(27)29-9-10-32(22)24(31-21)18-5-6-19(13-33)35-14-18/h1-4,7-11,18-19,33H,5-6,13-14H2,(H2,27,29)(H,28,30,34). The highest BCUT2D eigenvalue weighted by atomic mass is 16.5. The maximum absolute atomic E-state index is 12.7. The molecule has 0 spiro atoms. The van der Waals surface area contributed by atoms with Crippen molar-refractivity contribution in [1.29, 1.82) is 5.26 Å². The topological polar surface area (TPSA) is 151 Å². The molecule has 4 heterocycles. The number of hydrogen-bond acceptors (Lipinski definition) is 8. The molecule has 10 nitrogen and oxygen atoms in total. The molecule has 2 atom stereocenters. The Morgan fingerprint density at radius 2 is 2.06 bits per heavy atom. The van der Waals surface area contributed by atoms with Crippen LogP contribution in [-0.2, 0) is 4.74 Å². The van der Waals surface area contributed by atoms with Crippen molar-refractivity contribution in [3.63, 3.8) is 0 Å². The molecule has 3 aromatic heterocycles. The van der Waals surface area contributed by atoms with Gasteiger partial charge in [-0.3, -0.25) is 9.20 Å². The number of aliphatic hydroxyl groups is 1. The van der Waals surface area contributed by atoms with E-state index in [2.05, 4.69) is 15.3 Å². The molecule has 4 N–H and O–H groups in total. The fourth-order valence-electron chi connectivity index (χ4n) is 4.27. The predicted molar refractivity (Wildman–Crippen MR) is 129 cm³/mol. The van der Waals surface area contributed by atoms with Gasteiger partial charge in [0.2, 0.25) is 0 Å². The van der Waals surface area contributed by atoms with E-state index in [1.54, 1.807) is 24.4 Å². The van der Waals surface area contributed by atoms with Gasteiger partial charge in [0.25, 0.3) is 5.91 Å². The SMILES string of the molecule is N#Cc1ccnc(NC(=O)c2ccc(-c3nc(C4CCC(CO)OC4)n4ccnc(N)c34)cc2)c1. The molecule has 0 radical (unpaired) electrons. The molecule has 0 aliphatic carbocycles. The highest BCUT2D eigenvalue weighted by Crippen LogP contribution is 2.34. The van der Waals surface area contributed by atoms with Crippen molar-refractivity contribution < 1.29 is 14.6 Å². The number of nitrogens with zero attached hydrogens (tertiary/aromatic N) is 5. The van der Waals surface area contributed by atoms with Crippen LogP contribution in [0, 0.1) is 11.3 Å². The summed E-state index contributed by atoms with van der Waals surface area (Å²) in [7, 11) is 0. The number of nitrogen functional groups attached to an aromatic ring is 1. The first-order valence-corrected chi connectivity index (χ1v) is 11.2. The van der Waals surface area contributed by atoms with Crippen LogP contribution in [0.4, 0.5) is 11.6 Å². The number of rotatable bonds is 5. The predicted octanol–water partition coefficient (Wildman–Crippen LogP) is 2.75. The Kier molecular flexibility index (Phi) is 6.10. The van der Waals surface area contributed by atoms with Crippen LogP contribution in [0.15, 0.2) is 55.0 Å². The van der Waals surface area contributed by atoms with Crippen molar-refractivity contribution in [1.82, 2.24) is 19.4 Å². The van der Waals surface area contributed by atoms with E-state index in [0.29, 0.717) is 40.6 Å². The lowest BCUT2D eigenvalue weighted by Gasteiger charge is -2.27. The van der Waals surface area contributed by atoms with E-state index in [4.69, 9.17) is 20.7 Å². The van der Waals surface area contributed by atoms with Crippen molar-refractivity contribution in [2.75, 3.05) is 24.3 Å². The normalized spacial score (nSPS) is 17.7. The molecule has 10 heteroatoms. The molecule has 4 aromatic rings. The van der Waals surface area contributed by atoms with Crippen molar-refractivity contribution >= 4 is 23.1 Å². The van der Waals surface area contributed by atoms with Crippen molar-refractivity contribution in [3.05, 3.63) is 71.9 Å². The van der Waals surface area contributed by atoms with Crippen molar-refractivity contribution in [2.45, 2.75) is 24.9 Å². The lowest BCUT2D eigenvalue weighted by atomic mass is 9.98. The molecule has 2 unspecified atom stereocenters. The molecule has 1 saturated heterocycles. The van der Waals surface area contributed by atoms with Gasteiger partial charge < -0.3 is 20.9 Å². The van der Waals surface area contributed by atoms with Crippen LogP contribution in [0.1, 0.15) is 40.5 Å². The molecule has 5 rings (SSSR count). The molecule has 1 amide bonds. The number of hydrogen-bond donors (Lipinski definition) is 3. The third kappa shape index (κ3) is 4.42. The largest absolute Gasteiger partial charge is 0.394 e. The van der Waals surface area contributed by atoms with Crippen molar-refractivity contribution in [2.24, 2.45) is 0 Å². The van der Waals surface area contributed by atoms with Gasteiger partial charge in [0, 0.05) is 35.6 Å². The number of anilines is 2. The van der Waals surface area contributed by atoms with Gasteiger partial charge in [0.15, 0.2) is 0 Å². The zero-order valence-electron chi connectivity index (χ0n) is 18.8. The Morgan fingerprint density at radius 1 is 1.23 bits per heavy atom. The molecule has 35 heavy (non-hydrogen) atoms. The van der Waals surface area contributed by atoms with Gasteiger partial charge in [0.05, 0.1) is 31.0 Å². The fourth-order valence-corrected chi connectivity index (χ4v) is 4.27. The van der Waals surface area contributed by atoms with Crippen LogP contribution in [-0.4, -0.2) is 49.7 Å². The molecule has 1 aliphatic rings. The monoisotopic (exact) mass is 469 g/mol. The Bertz CT molecular complexity index is 1420. The number of nitrogens with one attached hydrogen (secondary N) is 1. The molecule has 1 aromatic carbocycles. The summed E-state index contributed by atoms with van der Waals surface area (Å²) in [5.41, 5.74) is 9.24. The van der Waals surface area contributed by atoms with E-state index in [1.807, 2.05) is 28.8 Å². The number of benzene rings is 1. The number of fused-ring (bicyclic) bond motifs is 1. The lowest BCUT2D eigenvalue weighted by Crippen LogP contribution is -2.28. The summed E-state index contributed by atoms with van der Waals surface area (Å²) in [5.74, 6) is 1.21.